The van der Waals surface area contributed by atoms with Crippen LogP contribution in [0.2, 0.25) is 0 Å². The maximum absolute atomic E-state index is 12.1. The highest BCUT2D eigenvalue weighted by molar-refractivity contribution is 5.93. The fourth-order valence-electron chi connectivity index (χ4n) is 2.72. The minimum atomic E-state index is -0.706. The molecule has 0 aliphatic carbocycles. The molecule has 1 amide bonds. The molecule has 9 heteroatoms. The number of nitrogens with one attached hydrogen (secondary N) is 1. The van der Waals surface area contributed by atoms with E-state index in [1.165, 1.54) is 18.5 Å². The molecule has 0 saturated heterocycles. The van der Waals surface area contributed by atoms with Gasteiger partial charge in [-0.3, -0.25) is 24.4 Å². The molecule has 0 fully saturated rings. The molecular formula is C18H22N4O5. The van der Waals surface area contributed by atoms with E-state index in [0.717, 1.165) is 5.56 Å². The second kappa shape index (κ2) is 8.43. The largest absolute Gasteiger partial charge is 0.454 e. The van der Waals surface area contributed by atoms with Crippen LogP contribution in [0.15, 0.2) is 24.3 Å². The number of aryl methyl sites for hydroxylation is 1. The summed E-state index contributed by atoms with van der Waals surface area (Å²) in [6, 6.07) is 7.40. The number of hydrogen-bond donors (Lipinski definition) is 1. The Balaban J connectivity index is 1.94. The third-order valence-corrected chi connectivity index (χ3v) is 4.03. The van der Waals surface area contributed by atoms with Crippen molar-refractivity contribution in [2.45, 2.75) is 40.2 Å². The first-order valence-electron chi connectivity index (χ1n) is 8.43. The average molecular weight is 374 g/mol. The molecule has 2 rings (SSSR count). The maximum Gasteiger partial charge on any atom is 0.328 e. The molecule has 0 radical (unpaired) electrons. The van der Waals surface area contributed by atoms with Crippen LogP contribution in [0.25, 0.3) is 0 Å². The zero-order valence-corrected chi connectivity index (χ0v) is 15.7. The number of benzene rings is 1. The number of ether oxygens (including phenoxy) is 1. The van der Waals surface area contributed by atoms with E-state index in [4.69, 9.17) is 4.74 Å². The van der Waals surface area contributed by atoms with Crippen LogP contribution in [0.3, 0.4) is 0 Å². The standard InChI is InChI=1S/C18H22N4O5/c1-11(2)14-7-5-6-8-15(14)19-16(23)10-27-17(24)9-21-13(4)18(22(25)26)12(3)20-21/h5-8,11H,9-10H2,1-4H3,(H,19,23). The molecule has 0 unspecified atom stereocenters. The van der Waals surface area contributed by atoms with Crippen LogP contribution < -0.4 is 5.32 Å². The number of aromatic nitrogens is 2. The molecule has 0 aliphatic rings. The highest BCUT2D eigenvalue weighted by Gasteiger charge is 2.23. The lowest BCUT2D eigenvalue weighted by atomic mass is 10.0. The Kier molecular flexibility index (Phi) is 6.27. The van der Waals surface area contributed by atoms with E-state index in [2.05, 4.69) is 10.4 Å². The summed E-state index contributed by atoms with van der Waals surface area (Å²) >= 11 is 0. The number of carbonyl (C=O) groups excluding carboxylic acids is 2. The van der Waals surface area contributed by atoms with Gasteiger partial charge < -0.3 is 10.1 Å². The second-order valence-electron chi connectivity index (χ2n) is 6.38. The van der Waals surface area contributed by atoms with Gasteiger partial charge in [-0.2, -0.15) is 5.10 Å². The molecule has 1 aromatic heterocycles. The van der Waals surface area contributed by atoms with Gasteiger partial charge in [-0.05, 0) is 31.4 Å². The Morgan fingerprint density at radius 2 is 1.96 bits per heavy atom. The SMILES string of the molecule is Cc1nn(CC(=O)OCC(=O)Nc2ccccc2C(C)C)c(C)c1[N+](=O)[O-]. The molecule has 1 heterocycles. The van der Waals surface area contributed by atoms with Crippen molar-refractivity contribution in [2.75, 3.05) is 11.9 Å². The van der Waals surface area contributed by atoms with E-state index in [1.54, 1.807) is 6.07 Å². The fourth-order valence-corrected chi connectivity index (χ4v) is 2.72. The molecule has 0 saturated carbocycles. The van der Waals surface area contributed by atoms with E-state index in [0.29, 0.717) is 5.69 Å². The number of carbonyl (C=O) groups is 2. The lowest BCUT2D eigenvalue weighted by Gasteiger charge is -2.13. The number of esters is 1. The molecule has 0 atom stereocenters. The van der Waals surface area contributed by atoms with Crippen LogP contribution in [-0.4, -0.2) is 33.2 Å². The minimum absolute atomic E-state index is 0.133. The van der Waals surface area contributed by atoms with Gasteiger partial charge in [0.1, 0.15) is 17.9 Å². The monoisotopic (exact) mass is 374 g/mol. The van der Waals surface area contributed by atoms with Crippen molar-refractivity contribution in [2.24, 2.45) is 0 Å². The summed E-state index contributed by atoms with van der Waals surface area (Å²) in [6.45, 7) is 6.26. The molecule has 2 aromatic rings. The molecule has 0 spiro atoms. The molecule has 1 aromatic carbocycles. The van der Waals surface area contributed by atoms with Crippen molar-refractivity contribution >= 4 is 23.3 Å². The molecule has 1 N–H and O–H groups in total. The number of para-hydroxylation sites is 1. The van der Waals surface area contributed by atoms with Gasteiger partial charge in [0, 0.05) is 5.69 Å². The summed E-state index contributed by atoms with van der Waals surface area (Å²) in [5, 5.41) is 17.7. The van der Waals surface area contributed by atoms with E-state index in [1.807, 2.05) is 32.0 Å². The van der Waals surface area contributed by atoms with Crippen LogP contribution >= 0.6 is 0 Å². The van der Waals surface area contributed by atoms with E-state index >= 15 is 0 Å². The molecular weight excluding hydrogens is 352 g/mol. The van der Waals surface area contributed by atoms with Crippen LogP contribution in [0.4, 0.5) is 11.4 Å². The Morgan fingerprint density at radius 1 is 1.30 bits per heavy atom. The topological polar surface area (TPSA) is 116 Å². The van der Waals surface area contributed by atoms with Gasteiger partial charge in [0.2, 0.25) is 0 Å². The Bertz CT molecular complexity index is 873. The zero-order valence-electron chi connectivity index (χ0n) is 15.7. The van der Waals surface area contributed by atoms with Gasteiger partial charge in [0.05, 0.1) is 4.92 Å². The first-order chi connectivity index (χ1) is 12.7. The van der Waals surface area contributed by atoms with Crippen LogP contribution in [0.5, 0.6) is 0 Å². The Morgan fingerprint density at radius 3 is 2.56 bits per heavy atom. The van der Waals surface area contributed by atoms with Crippen molar-refractivity contribution in [1.82, 2.24) is 9.78 Å². The van der Waals surface area contributed by atoms with Crippen molar-refractivity contribution < 1.29 is 19.2 Å². The first-order valence-corrected chi connectivity index (χ1v) is 8.43. The van der Waals surface area contributed by atoms with Crippen molar-refractivity contribution in [3.63, 3.8) is 0 Å². The van der Waals surface area contributed by atoms with Gasteiger partial charge in [-0.25, -0.2) is 0 Å². The number of anilines is 1. The second-order valence-corrected chi connectivity index (χ2v) is 6.38. The van der Waals surface area contributed by atoms with Gasteiger partial charge in [0.15, 0.2) is 6.61 Å². The van der Waals surface area contributed by atoms with Crippen LogP contribution in [0, 0.1) is 24.0 Å². The maximum atomic E-state index is 12.1. The third kappa shape index (κ3) is 4.90. The molecule has 0 bridgehead atoms. The summed E-state index contributed by atoms with van der Waals surface area (Å²) in [7, 11) is 0. The number of rotatable bonds is 7. The fraction of sp³-hybridized carbons (Fsp3) is 0.389. The summed E-state index contributed by atoms with van der Waals surface area (Å²) in [5.41, 5.74) is 1.98. The lowest BCUT2D eigenvalue weighted by molar-refractivity contribution is -0.386. The highest BCUT2D eigenvalue weighted by atomic mass is 16.6. The average Bonchev–Trinajstić information content (AvgIpc) is 2.87. The molecule has 0 aliphatic heterocycles. The molecule has 27 heavy (non-hydrogen) atoms. The number of hydrogen-bond acceptors (Lipinski definition) is 6. The van der Waals surface area contributed by atoms with Crippen molar-refractivity contribution in [1.29, 1.82) is 0 Å². The zero-order chi connectivity index (χ0) is 20.1. The predicted octanol–water partition coefficient (Wildman–Crippen LogP) is 2.71. The summed E-state index contributed by atoms with van der Waals surface area (Å²) in [6.07, 6.45) is 0. The van der Waals surface area contributed by atoms with Crippen LogP contribution in [0.1, 0.15) is 36.7 Å². The summed E-state index contributed by atoms with van der Waals surface area (Å²) < 4.78 is 6.16. The first kappa shape index (κ1) is 20.1. The summed E-state index contributed by atoms with van der Waals surface area (Å²) in [4.78, 5) is 34.5. The Labute approximate surface area is 156 Å². The minimum Gasteiger partial charge on any atom is -0.454 e. The summed E-state index contributed by atoms with van der Waals surface area (Å²) in [5.74, 6) is -0.940. The third-order valence-electron chi connectivity index (χ3n) is 4.03. The number of amides is 1. The van der Waals surface area contributed by atoms with E-state index in [9.17, 15) is 19.7 Å². The van der Waals surface area contributed by atoms with E-state index < -0.39 is 23.4 Å². The predicted molar refractivity (Wildman–Crippen MR) is 98.5 cm³/mol. The van der Waals surface area contributed by atoms with Gasteiger partial charge in [0.25, 0.3) is 5.91 Å². The lowest BCUT2D eigenvalue weighted by Crippen LogP contribution is -2.24. The van der Waals surface area contributed by atoms with E-state index in [-0.39, 0.29) is 29.5 Å². The molecule has 9 nitrogen and oxygen atoms in total. The highest BCUT2D eigenvalue weighted by Crippen LogP contribution is 2.24. The Hall–Kier alpha value is -3.23. The molecule has 144 valence electrons. The van der Waals surface area contributed by atoms with Gasteiger partial charge in [-0.1, -0.05) is 32.0 Å². The number of nitrogens with zero attached hydrogens (tertiary/aromatic N) is 3. The quantitative estimate of drug-likeness (QED) is 0.452. The van der Waals surface area contributed by atoms with Crippen LogP contribution in [-0.2, 0) is 20.9 Å². The number of nitro groups is 1. The van der Waals surface area contributed by atoms with Gasteiger partial charge >= 0.3 is 11.7 Å². The normalized spacial score (nSPS) is 10.7. The van der Waals surface area contributed by atoms with Crippen molar-refractivity contribution in [3.8, 4) is 0 Å². The smallest absolute Gasteiger partial charge is 0.328 e. The van der Waals surface area contributed by atoms with Crippen molar-refractivity contribution in [3.05, 3.63) is 51.3 Å². The van der Waals surface area contributed by atoms with Gasteiger partial charge in [-0.15, -0.1) is 0 Å².